The number of anilines is 1. The number of hydrogen-bond donors (Lipinski definition) is 2. The minimum atomic E-state index is -3.84. The summed E-state index contributed by atoms with van der Waals surface area (Å²) < 4.78 is 33.2. The molecule has 0 saturated carbocycles. The molecule has 4 rings (SSSR count). The minimum absolute atomic E-state index is 0.0947. The molecule has 0 spiro atoms. The molecule has 1 aliphatic heterocycles. The average Bonchev–Trinajstić information content (AvgIpc) is 2.82. The fourth-order valence-corrected chi connectivity index (χ4v) is 4.03. The number of amides is 1. The van der Waals surface area contributed by atoms with E-state index in [-0.39, 0.29) is 10.5 Å². The van der Waals surface area contributed by atoms with Crippen molar-refractivity contribution < 1.29 is 32.3 Å². The van der Waals surface area contributed by atoms with Gasteiger partial charge >= 0.3 is 11.9 Å². The highest BCUT2D eigenvalue weighted by atomic mass is 32.2. The standard InChI is InChI=1S/C24H20N2O7S/c25-34(30,31)19-9-7-18(8-10-19)26-22(27)14-32-23(28)16-6-11-20-17(12-16)13-21(33-24(20)29)15-4-2-1-3-5-15/h1-12,21H,13-14H2,(H,26,27)(H2,25,30,31). The number of carbonyl (C=O) groups excluding carboxylic acids is 3. The van der Waals surface area contributed by atoms with Gasteiger partial charge in [0.2, 0.25) is 10.0 Å². The van der Waals surface area contributed by atoms with Crippen molar-refractivity contribution in [2.24, 2.45) is 5.14 Å². The van der Waals surface area contributed by atoms with Crippen molar-refractivity contribution in [1.82, 2.24) is 0 Å². The molecule has 0 radical (unpaired) electrons. The van der Waals surface area contributed by atoms with Gasteiger partial charge in [0, 0.05) is 12.1 Å². The van der Waals surface area contributed by atoms with Gasteiger partial charge < -0.3 is 14.8 Å². The molecule has 34 heavy (non-hydrogen) atoms. The van der Waals surface area contributed by atoms with E-state index in [1.165, 1.54) is 36.4 Å². The van der Waals surface area contributed by atoms with Gasteiger partial charge in [-0.15, -0.1) is 0 Å². The summed E-state index contributed by atoms with van der Waals surface area (Å²) >= 11 is 0. The normalized spacial score (nSPS) is 15.1. The fourth-order valence-electron chi connectivity index (χ4n) is 3.52. The van der Waals surface area contributed by atoms with Crippen LogP contribution < -0.4 is 10.5 Å². The molecule has 0 aromatic heterocycles. The molecule has 1 unspecified atom stereocenters. The van der Waals surface area contributed by atoms with Crippen molar-refractivity contribution >= 4 is 33.6 Å². The van der Waals surface area contributed by atoms with E-state index in [1.807, 2.05) is 30.3 Å². The zero-order valence-electron chi connectivity index (χ0n) is 17.8. The number of cyclic esters (lactones) is 1. The van der Waals surface area contributed by atoms with E-state index in [2.05, 4.69) is 5.32 Å². The van der Waals surface area contributed by atoms with Crippen LogP contribution in [0.3, 0.4) is 0 Å². The molecule has 9 nitrogen and oxygen atoms in total. The molecule has 3 N–H and O–H groups in total. The second kappa shape index (κ2) is 9.46. The van der Waals surface area contributed by atoms with Crippen LogP contribution >= 0.6 is 0 Å². The molecule has 1 atom stereocenters. The zero-order chi connectivity index (χ0) is 24.3. The highest BCUT2D eigenvalue weighted by Crippen LogP contribution is 2.31. The average molecular weight is 480 g/mol. The van der Waals surface area contributed by atoms with Crippen molar-refractivity contribution in [1.29, 1.82) is 0 Å². The van der Waals surface area contributed by atoms with E-state index in [4.69, 9.17) is 14.6 Å². The Morgan fingerprint density at radius 2 is 1.74 bits per heavy atom. The number of rotatable bonds is 6. The van der Waals surface area contributed by atoms with Crippen LogP contribution in [0.15, 0.2) is 77.7 Å². The van der Waals surface area contributed by atoms with Crippen LogP contribution in [0, 0.1) is 0 Å². The summed E-state index contributed by atoms with van der Waals surface area (Å²) in [6, 6.07) is 19.0. The summed E-state index contributed by atoms with van der Waals surface area (Å²) in [5, 5.41) is 7.53. The molecule has 0 saturated heterocycles. The molecular weight excluding hydrogens is 460 g/mol. The van der Waals surface area contributed by atoms with Gasteiger partial charge in [0.1, 0.15) is 6.10 Å². The van der Waals surface area contributed by atoms with Gasteiger partial charge in [0.25, 0.3) is 5.91 Å². The van der Waals surface area contributed by atoms with Crippen LogP contribution in [-0.2, 0) is 30.7 Å². The lowest BCUT2D eigenvalue weighted by atomic mass is 9.93. The number of hydrogen-bond acceptors (Lipinski definition) is 7. The second-order valence-electron chi connectivity index (χ2n) is 7.57. The molecule has 1 heterocycles. The van der Waals surface area contributed by atoms with Crippen LogP contribution in [0.25, 0.3) is 0 Å². The van der Waals surface area contributed by atoms with E-state index < -0.39 is 40.6 Å². The molecule has 174 valence electrons. The van der Waals surface area contributed by atoms with Crippen LogP contribution in [0.1, 0.15) is 37.9 Å². The van der Waals surface area contributed by atoms with E-state index in [0.29, 0.717) is 23.2 Å². The van der Waals surface area contributed by atoms with Crippen molar-refractivity contribution in [3.8, 4) is 0 Å². The maximum atomic E-state index is 12.5. The molecule has 3 aromatic carbocycles. The Kier molecular flexibility index (Phi) is 6.44. The van der Waals surface area contributed by atoms with Crippen molar-refractivity contribution in [3.05, 3.63) is 95.1 Å². The topological polar surface area (TPSA) is 142 Å². The third kappa shape index (κ3) is 5.30. The Bertz CT molecular complexity index is 1350. The van der Waals surface area contributed by atoms with E-state index in [1.54, 1.807) is 6.07 Å². The smallest absolute Gasteiger partial charge is 0.339 e. The van der Waals surface area contributed by atoms with Gasteiger partial charge in [-0.1, -0.05) is 30.3 Å². The number of esters is 2. The fraction of sp³-hybridized carbons (Fsp3) is 0.125. The van der Waals surface area contributed by atoms with Gasteiger partial charge in [-0.25, -0.2) is 23.1 Å². The Balaban J connectivity index is 1.38. The molecule has 0 aliphatic carbocycles. The van der Waals surface area contributed by atoms with Gasteiger partial charge in [0.15, 0.2) is 6.61 Å². The first-order valence-electron chi connectivity index (χ1n) is 10.2. The van der Waals surface area contributed by atoms with Crippen LogP contribution in [-0.4, -0.2) is 32.9 Å². The summed E-state index contributed by atoms with van der Waals surface area (Å²) in [6.07, 6.45) is -0.0554. The predicted molar refractivity (Wildman–Crippen MR) is 121 cm³/mol. The molecule has 10 heteroatoms. The van der Waals surface area contributed by atoms with Crippen molar-refractivity contribution in [2.45, 2.75) is 17.4 Å². The quantitative estimate of drug-likeness (QED) is 0.516. The summed E-state index contributed by atoms with van der Waals surface area (Å²) in [6.45, 7) is -0.554. The van der Waals surface area contributed by atoms with Crippen LogP contribution in [0.4, 0.5) is 5.69 Å². The molecule has 1 amide bonds. The Morgan fingerprint density at radius 1 is 1.03 bits per heavy atom. The van der Waals surface area contributed by atoms with Gasteiger partial charge in [-0.2, -0.15) is 0 Å². The largest absolute Gasteiger partial charge is 0.454 e. The summed E-state index contributed by atoms with van der Waals surface area (Å²) in [5.74, 6) is -1.80. The number of ether oxygens (including phenoxy) is 2. The first-order valence-corrected chi connectivity index (χ1v) is 11.7. The number of carbonyl (C=O) groups is 3. The predicted octanol–water partition coefficient (Wildman–Crippen LogP) is 2.58. The van der Waals surface area contributed by atoms with Gasteiger partial charge in [0.05, 0.1) is 16.0 Å². The lowest BCUT2D eigenvalue weighted by molar-refractivity contribution is -0.119. The van der Waals surface area contributed by atoms with E-state index in [0.717, 1.165) is 5.56 Å². The number of nitrogens with two attached hydrogens (primary N) is 1. The lowest BCUT2D eigenvalue weighted by Crippen LogP contribution is -2.23. The van der Waals surface area contributed by atoms with E-state index in [9.17, 15) is 22.8 Å². The van der Waals surface area contributed by atoms with Crippen molar-refractivity contribution in [2.75, 3.05) is 11.9 Å². The van der Waals surface area contributed by atoms with Crippen LogP contribution in [0.5, 0.6) is 0 Å². The number of sulfonamides is 1. The first kappa shape index (κ1) is 23.1. The molecule has 0 fully saturated rings. The number of benzene rings is 3. The van der Waals surface area contributed by atoms with Crippen molar-refractivity contribution in [3.63, 3.8) is 0 Å². The number of nitrogens with one attached hydrogen (secondary N) is 1. The highest BCUT2D eigenvalue weighted by molar-refractivity contribution is 7.89. The Labute approximate surface area is 195 Å². The van der Waals surface area contributed by atoms with Crippen LogP contribution in [0.2, 0.25) is 0 Å². The molecule has 1 aliphatic rings. The Morgan fingerprint density at radius 3 is 2.41 bits per heavy atom. The van der Waals surface area contributed by atoms with Gasteiger partial charge in [-0.05, 0) is 53.6 Å². The third-order valence-electron chi connectivity index (χ3n) is 5.19. The van der Waals surface area contributed by atoms with Gasteiger partial charge in [-0.3, -0.25) is 4.79 Å². The monoisotopic (exact) mass is 480 g/mol. The molecular formula is C24H20N2O7S. The lowest BCUT2D eigenvalue weighted by Gasteiger charge is -2.25. The maximum absolute atomic E-state index is 12.5. The number of primary sulfonamides is 1. The maximum Gasteiger partial charge on any atom is 0.339 e. The molecule has 0 bridgehead atoms. The highest BCUT2D eigenvalue weighted by Gasteiger charge is 2.28. The zero-order valence-corrected chi connectivity index (χ0v) is 18.6. The minimum Gasteiger partial charge on any atom is -0.454 e. The Hall–Kier alpha value is -4.02. The van der Waals surface area contributed by atoms with E-state index >= 15 is 0 Å². The number of fused-ring (bicyclic) bond motifs is 1. The molecule has 3 aromatic rings. The third-order valence-corrected chi connectivity index (χ3v) is 6.12. The summed E-state index contributed by atoms with van der Waals surface area (Å²) in [4.78, 5) is 36.9. The summed E-state index contributed by atoms with van der Waals surface area (Å²) in [7, 11) is -3.84. The first-order chi connectivity index (χ1) is 16.2. The second-order valence-corrected chi connectivity index (χ2v) is 9.14. The summed E-state index contributed by atoms with van der Waals surface area (Å²) in [5.41, 5.74) is 2.39. The SMILES string of the molecule is NS(=O)(=O)c1ccc(NC(=O)COC(=O)c2ccc3c(c2)CC(c2ccccc2)OC3=O)cc1.